The molecule has 146 valence electrons. The highest BCUT2D eigenvalue weighted by atomic mass is 32.2. The van der Waals surface area contributed by atoms with Crippen molar-refractivity contribution in [3.63, 3.8) is 0 Å². The first-order valence-electron chi connectivity index (χ1n) is 8.56. The van der Waals surface area contributed by atoms with Crippen molar-refractivity contribution in [3.8, 4) is 0 Å². The van der Waals surface area contributed by atoms with Gasteiger partial charge in [0.2, 0.25) is 0 Å². The molecule has 1 aromatic heterocycles. The van der Waals surface area contributed by atoms with Crippen LogP contribution in [0.3, 0.4) is 0 Å². The minimum Gasteiger partial charge on any atom is -0.453 e. The van der Waals surface area contributed by atoms with E-state index < -0.39 is 16.1 Å². The van der Waals surface area contributed by atoms with Crippen LogP contribution < -0.4 is 5.32 Å². The molecular formula is C18H21FN2O4S2. The lowest BCUT2D eigenvalue weighted by molar-refractivity contribution is 0.171. The minimum atomic E-state index is -3.57. The molecule has 6 nitrogen and oxygen atoms in total. The zero-order valence-corrected chi connectivity index (χ0v) is 16.5. The van der Waals surface area contributed by atoms with Gasteiger partial charge >= 0.3 is 6.09 Å². The summed E-state index contributed by atoms with van der Waals surface area (Å²) in [6.45, 7) is 1.14. The maximum absolute atomic E-state index is 13.4. The van der Waals surface area contributed by atoms with E-state index in [-0.39, 0.29) is 15.9 Å². The van der Waals surface area contributed by atoms with Crippen LogP contribution in [0.4, 0.5) is 9.18 Å². The molecule has 9 heteroatoms. The topological polar surface area (TPSA) is 75.7 Å². The SMILES string of the molecule is COC(=O)NCCc1ccc(S(=O)(=O)N2CC[C@H](c3cccc(F)c3)C2)s1. The van der Waals surface area contributed by atoms with Crippen LogP contribution in [0.2, 0.25) is 0 Å². The van der Waals surface area contributed by atoms with Crippen LogP contribution in [0.25, 0.3) is 0 Å². The fraction of sp³-hybridized carbons (Fsp3) is 0.389. The third kappa shape index (κ3) is 4.66. The second-order valence-electron chi connectivity index (χ2n) is 6.29. The van der Waals surface area contributed by atoms with E-state index in [4.69, 9.17) is 0 Å². The highest BCUT2D eigenvalue weighted by Gasteiger charge is 2.34. The lowest BCUT2D eigenvalue weighted by atomic mass is 9.99. The maximum atomic E-state index is 13.4. The first kappa shape index (κ1) is 19.8. The van der Waals surface area contributed by atoms with Gasteiger partial charge < -0.3 is 10.1 Å². The number of methoxy groups -OCH3 is 1. The quantitative estimate of drug-likeness (QED) is 0.792. The van der Waals surface area contributed by atoms with Gasteiger partial charge in [-0.1, -0.05) is 12.1 Å². The van der Waals surface area contributed by atoms with Crippen LogP contribution in [0.1, 0.15) is 22.8 Å². The van der Waals surface area contributed by atoms with Crippen LogP contribution in [0, 0.1) is 5.82 Å². The van der Waals surface area contributed by atoms with Crippen molar-refractivity contribution in [1.82, 2.24) is 9.62 Å². The summed E-state index contributed by atoms with van der Waals surface area (Å²) in [7, 11) is -2.28. The number of rotatable bonds is 6. The van der Waals surface area contributed by atoms with Crippen molar-refractivity contribution in [1.29, 1.82) is 0 Å². The van der Waals surface area contributed by atoms with Crippen molar-refractivity contribution >= 4 is 27.5 Å². The summed E-state index contributed by atoms with van der Waals surface area (Å²) in [4.78, 5) is 11.9. The normalized spacial score (nSPS) is 17.8. The van der Waals surface area contributed by atoms with Crippen molar-refractivity contribution in [3.05, 3.63) is 52.7 Å². The number of hydrogen-bond donors (Lipinski definition) is 1. The van der Waals surface area contributed by atoms with E-state index >= 15 is 0 Å². The molecule has 0 unspecified atom stereocenters. The summed E-state index contributed by atoms with van der Waals surface area (Å²) in [6.07, 6.45) is 0.686. The molecule has 2 heterocycles. The molecule has 0 bridgehead atoms. The number of sulfonamides is 1. The Kier molecular flexibility index (Phi) is 6.13. The van der Waals surface area contributed by atoms with E-state index in [1.54, 1.807) is 18.2 Å². The summed E-state index contributed by atoms with van der Waals surface area (Å²) in [6, 6.07) is 9.70. The molecule has 0 spiro atoms. The molecule has 1 N–H and O–H groups in total. The minimum absolute atomic E-state index is 0.000774. The Morgan fingerprint density at radius 2 is 2.19 bits per heavy atom. The van der Waals surface area contributed by atoms with Crippen LogP contribution in [-0.2, 0) is 21.2 Å². The first-order chi connectivity index (χ1) is 12.9. The van der Waals surface area contributed by atoms with Gasteiger partial charge in [-0.15, -0.1) is 11.3 Å². The van der Waals surface area contributed by atoms with Gasteiger partial charge in [0.1, 0.15) is 10.0 Å². The fourth-order valence-electron chi connectivity index (χ4n) is 3.10. The van der Waals surface area contributed by atoms with E-state index in [0.29, 0.717) is 32.5 Å². The average molecular weight is 413 g/mol. The number of benzene rings is 1. The third-order valence-corrected chi connectivity index (χ3v) is 8.01. The summed E-state index contributed by atoms with van der Waals surface area (Å²) < 4.78 is 45.5. The molecular weight excluding hydrogens is 391 g/mol. The summed E-state index contributed by atoms with van der Waals surface area (Å²) in [5, 5.41) is 2.57. The molecule has 3 rings (SSSR count). The maximum Gasteiger partial charge on any atom is 0.406 e. The average Bonchev–Trinajstić information content (AvgIpc) is 3.32. The molecule has 1 saturated heterocycles. The number of amides is 1. The van der Waals surface area contributed by atoms with Crippen molar-refractivity contribution < 1.29 is 22.3 Å². The second kappa shape index (κ2) is 8.37. The lowest BCUT2D eigenvalue weighted by Crippen LogP contribution is -2.28. The van der Waals surface area contributed by atoms with Gasteiger partial charge in [0.25, 0.3) is 10.0 Å². The number of hydrogen-bond acceptors (Lipinski definition) is 5. The van der Waals surface area contributed by atoms with Gasteiger partial charge in [-0.2, -0.15) is 4.31 Å². The number of halogens is 1. The zero-order valence-electron chi connectivity index (χ0n) is 14.9. The molecule has 1 amide bonds. The zero-order chi connectivity index (χ0) is 19.4. The van der Waals surface area contributed by atoms with Crippen LogP contribution in [-0.4, -0.2) is 45.6 Å². The predicted molar refractivity (Wildman–Crippen MR) is 101 cm³/mol. The van der Waals surface area contributed by atoms with E-state index in [9.17, 15) is 17.6 Å². The lowest BCUT2D eigenvalue weighted by Gasteiger charge is -2.15. The fourth-order valence-corrected chi connectivity index (χ4v) is 6.11. The van der Waals surface area contributed by atoms with Gasteiger partial charge in [0.15, 0.2) is 0 Å². The van der Waals surface area contributed by atoms with Gasteiger partial charge in [-0.05, 0) is 48.6 Å². The molecule has 1 aliphatic heterocycles. The highest BCUT2D eigenvalue weighted by Crippen LogP contribution is 2.33. The number of ether oxygens (including phenoxy) is 1. The molecule has 0 saturated carbocycles. The van der Waals surface area contributed by atoms with E-state index in [1.807, 2.05) is 6.07 Å². The van der Waals surface area contributed by atoms with Crippen LogP contribution >= 0.6 is 11.3 Å². The number of thiophene rings is 1. The van der Waals surface area contributed by atoms with Crippen molar-refractivity contribution in [2.75, 3.05) is 26.7 Å². The van der Waals surface area contributed by atoms with E-state index in [0.717, 1.165) is 10.4 Å². The number of nitrogens with zero attached hydrogens (tertiary/aromatic N) is 1. The molecule has 0 aliphatic carbocycles. The smallest absolute Gasteiger partial charge is 0.406 e. The molecule has 1 aromatic carbocycles. The summed E-state index contributed by atoms with van der Waals surface area (Å²) in [5.41, 5.74) is 0.827. The Balaban J connectivity index is 1.64. The van der Waals surface area contributed by atoms with Gasteiger partial charge in [0.05, 0.1) is 7.11 Å². The standard InChI is InChI=1S/C18H21FN2O4S2/c1-25-18(22)20-9-7-16-5-6-17(26-16)27(23,24)21-10-8-14(12-21)13-3-2-4-15(19)11-13/h2-6,11,14H,7-10,12H2,1H3,(H,20,22)/t14-/m0/s1. The number of carbonyl (C=O) groups excluding carboxylic acids is 1. The van der Waals surface area contributed by atoms with Crippen molar-refractivity contribution in [2.24, 2.45) is 0 Å². The predicted octanol–water partition coefficient (Wildman–Crippen LogP) is 2.96. The molecule has 0 radical (unpaired) electrons. The Morgan fingerprint density at radius 3 is 2.93 bits per heavy atom. The van der Waals surface area contributed by atoms with E-state index in [1.165, 1.54) is 34.9 Å². The molecule has 1 aliphatic rings. The molecule has 1 atom stereocenters. The van der Waals surface area contributed by atoms with Gasteiger partial charge in [-0.3, -0.25) is 0 Å². The summed E-state index contributed by atoms with van der Waals surface area (Å²) in [5.74, 6) is -0.309. The van der Waals surface area contributed by atoms with E-state index in [2.05, 4.69) is 10.1 Å². The van der Waals surface area contributed by atoms with Gasteiger partial charge in [0, 0.05) is 24.5 Å². The largest absolute Gasteiger partial charge is 0.453 e. The number of alkyl carbamates (subject to hydrolysis) is 1. The Labute approximate surface area is 162 Å². The Bertz CT molecular complexity index is 914. The second-order valence-corrected chi connectivity index (χ2v) is 9.63. The summed E-state index contributed by atoms with van der Waals surface area (Å²) >= 11 is 1.20. The third-order valence-electron chi connectivity index (χ3n) is 4.53. The number of carbonyl (C=O) groups is 1. The molecule has 1 fully saturated rings. The van der Waals surface area contributed by atoms with Gasteiger partial charge in [-0.25, -0.2) is 17.6 Å². The molecule has 2 aromatic rings. The van der Waals surface area contributed by atoms with Crippen LogP contribution in [0.5, 0.6) is 0 Å². The Hall–Kier alpha value is -1.97. The first-order valence-corrected chi connectivity index (χ1v) is 10.8. The molecule has 27 heavy (non-hydrogen) atoms. The Morgan fingerprint density at radius 1 is 1.37 bits per heavy atom. The number of nitrogens with one attached hydrogen (secondary N) is 1. The monoisotopic (exact) mass is 412 g/mol. The highest BCUT2D eigenvalue weighted by molar-refractivity contribution is 7.91. The van der Waals surface area contributed by atoms with Crippen LogP contribution in [0.15, 0.2) is 40.6 Å². The van der Waals surface area contributed by atoms with Crippen molar-refractivity contribution in [2.45, 2.75) is 23.0 Å².